The maximum atomic E-state index is 12.9. The molecule has 0 radical (unpaired) electrons. The second-order valence-electron chi connectivity index (χ2n) is 7.87. The fourth-order valence-corrected chi connectivity index (χ4v) is 5.28. The number of amidine groups is 1. The quantitative estimate of drug-likeness (QED) is 0.652. The number of carbonyl (C=O) groups is 1. The number of nitrogens with zero attached hydrogens (tertiary/aromatic N) is 1. The normalized spacial score (nSPS) is 17.7. The highest BCUT2D eigenvalue weighted by Crippen LogP contribution is 2.41. The van der Waals surface area contributed by atoms with Gasteiger partial charge in [-0.05, 0) is 61.2 Å². The highest BCUT2D eigenvalue weighted by atomic mass is 32.2. The third-order valence-electron chi connectivity index (χ3n) is 5.93. The second kappa shape index (κ2) is 7.35. The van der Waals surface area contributed by atoms with Gasteiger partial charge in [0.05, 0.1) is 5.54 Å². The molecule has 6 nitrogen and oxygen atoms in total. The van der Waals surface area contributed by atoms with E-state index < -0.39 is 10.0 Å². The molecule has 1 aliphatic heterocycles. The molecule has 1 fully saturated rings. The third-order valence-corrected chi connectivity index (χ3v) is 7.26. The van der Waals surface area contributed by atoms with E-state index in [1.54, 1.807) is 48.5 Å². The Morgan fingerprint density at radius 1 is 0.871 bits per heavy atom. The van der Waals surface area contributed by atoms with Gasteiger partial charge in [-0.25, -0.2) is 0 Å². The van der Waals surface area contributed by atoms with Crippen LogP contribution < -0.4 is 10.6 Å². The molecule has 3 aromatic rings. The molecule has 0 unspecified atom stereocenters. The Labute approximate surface area is 181 Å². The number of amides is 1. The smallest absolute Gasteiger partial charge is 0.285 e. The Bertz CT molecular complexity index is 1280. The van der Waals surface area contributed by atoms with Gasteiger partial charge >= 0.3 is 0 Å². The van der Waals surface area contributed by atoms with Crippen molar-refractivity contribution in [3.8, 4) is 0 Å². The number of benzene rings is 3. The van der Waals surface area contributed by atoms with Crippen LogP contribution in [-0.4, -0.2) is 20.2 Å². The zero-order valence-corrected chi connectivity index (χ0v) is 17.5. The van der Waals surface area contributed by atoms with Crippen molar-refractivity contribution in [1.29, 1.82) is 0 Å². The topological polar surface area (TPSA) is 87.6 Å². The Morgan fingerprint density at radius 3 is 2.23 bits per heavy atom. The van der Waals surface area contributed by atoms with Crippen molar-refractivity contribution in [1.82, 2.24) is 5.32 Å². The van der Waals surface area contributed by atoms with Crippen LogP contribution in [0.1, 0.15) is 40.7 Å². The zero-order valence-electron chi connectivity index (χ0n) is 16.7. The van der Waals surface area contributed by atoms with Crippen LogP contribution in [0, 0.1) is 0 Å². The monoisotopic (exact) mass is 431 g/mol. The van der Waals surface area contributed by atoms with Gasteiger partial charge in [0.25, 0.3) is 15.9 Å². The molecule has 0 atom stereocenters. The lowest BCUT2D eigenvalue weighted by atomic mass is 9.71. The summed E-state index contributed by atoms with van der Waals surface area (Å²) in [5.74, 6) is 0.159. The zero-order chi connectivity index (χ0) is 21.5. The molecule has 0 spiro atoms. The first-order chi connectivity index (χ1) is 15.0. The van der Waals surface area contributed by atoms with E-state index in [0.717, 1.165) is 24.8 Å². The van der Waals surface area contributed by atoms with Crippen LogP contribution in [0.2, 0.25) is 0 Å². The minimum absolute atomic E-state index is 0.124. The molecule has 7 heteroatoms. The first kappa shape index (κ1) is 19.5. The molecule has 5 rings (SSSR count). The fraction of sp³-hybridized carbons (Fsp3) is 0.167. The standard InChI is InChI=1S/C24H21N3O3S/c28-23(26-24(15-6-16-24)18-7-2-1-3-8-18)17-11-13-19(14-12-17)25-22-20-9-4-5-10-21(20)31(29,30)27-22/h1-5,7-14H,6,15-16H2,(H,25,27)(H,26,28). The summed E-state index contributed by atoms with van der Waals surface area (Å²) in [5, 5.41) is 6.27. The van der Waals surface area contributed by atoms with E-state index in [1.807, 2.05) is 18.2 Å². The Balaban J connectivity index is 1.32. The Kier molecular flexibility index (Phi) is 4.63. The van der Waals surface area contributed by atoms with E-state index in [4.69, 9.17) is 0 Å². The minimum atomic E-state index is -3.68. The summed E-state index contributed by atoms with van der Waals surface area (Å²) in [6.45, 7) is 0. The molecule has 1 heterocycles. The number of nitrogens with one attached hydrogen (secondary N) is 2. The summed E-state index contributed by atoms with van der Waals surface area (Å²) in [5.41, 5.74) is 2.58. The molecular formula is C24H21N3O3S. The van der Waals surface area contributed by atoms with Crippen LogP contribution in [0.15, 0.2) is 88.2 Å². The van der Waals surface area contributed by atoms with Gasteiger partial charge in [-0.15, -0.1) is 4.40 Å². The summed E-state index contributed by atoms with van der Waals surface area (Å²) < 4.78 is 28.2. The molecule has 156 valence electrons. The number of anilines is 1. The lowest BCUT2D eigenvalue weighted by Crippen LogP contribution is -2.50. The van der Waals surface area contributed by atoms with E-state index in [-0.39, 0.29) is 22.2 Å². The summed E-state index contributed by atoms with van der Waals surface area (Å²) in [4.78, 5) is 13.1. The van der Waals surface area contributed by atoms with E-state index in [1.165, 1.54) is 0 Å². The van der Waals surface area contributed by atoms with Crippen molar-refractivity contribution in [2.75, 3.05) is 5.32 Å². The van der Waals surface area contributed by atoms with Crippen molar-refractivity contribution in [2.45, 2.75) is 29.7 Å². The molecule has 1 amide bonds. The van der Waals surface area contributed by atoms with Gasteiger partial charge in [-0.1, -0.05) is 42.5 Å². The first-order valence-electron chi connectivity index (χ1n) is 10.2. The summed E-state index contributed by atoms with van der Waals surface area (Å²) in [7, 11) is -3.68. The number of hydrogen-bond donors (Lipinski definition) is 2. The SMILES string of the molecule is O=C(NC1(c2ccccc2)CCC1)c1ccc(NC2=NS(=O)(=O)c3ccccc32)cc1. The van der Waals surface area contributed by atoms with Gasteiger partial charge in [0, 0.05) is 16.8 Å². The van der Waals surface area contributed by atoms with Crippen molar-refractivity contribution in [3.63, 3.8) is 0 Å². The van der Waals surface area contributed by atoms with E-state index in [9.17, 15) is 13.2 Å². The molecule has 2 aliphatic rings. The van der Waals surface area contributed by atoms with Crippen molar-refractivity contribution >= 4 is 27.5 Å². The maximum absolute atomic E-state index is 12.9. The van der Waals surface area contributed by atoms with Crippen LogP contribution in [0.25, 0.3) is 0 Å². The van der Waals surface area contributed by atoms with Crippen molar-refractivity contribution in [2.24, 2.45) is 4.40 Å². The fourth-order valence-electron chi connectivity index (χ4n) is 4.10. The van der Waals surface area contributed by atoms with Gasteiger partial charge in [0.2, 0.25) is 0 Å². The predicted molar refractivity (Wildman–Crippen MR) is 120 cm³/mol. The highest BCUT2D eigenvalue weighted by molar-refractivity contribution is 7.90. The lowest BCUT2D eigenvalue weighted by molar-refractivity contribution is 0.0823. The van der Waals surface area contributed by atoms with E-state index >= 15 is 0 Å². The molecule has 3 aromatic carbocycles. The number of rotatable bonds is 4. The Morgan fingerprint density at radius 2 is 1.55 bits per heavy atom. The highest BCUT2D eigenvalue weighted by Gasteiger charge is 2.40. The molecule has 31 heavy (non-hydrogen) atoms. The Hall–Kier alpha value is -3.45. The van der Waals surface area contributed by atoms with Gasteiger partial charge in [-0.2, -0.15) is 8.42 Å². The molecule has 0 bridgehead atoms. The van der Waals surface area contributed by atoms with E-state index in [0.29, 0.717) is 16.8 Å². The van der Waals surface area contributed by atoms with Gasteiger partial charge in [-0.3, -0.25) is 4.79 Å². The number of carbonyl (C=O) groups excluding carboxylic acids is 1. The van der Waals surface area contributed by atoms with Crippen LogP contribution >= 0.6 is 0 Å². The van der Waals surface area contributed by atoms with Crippen LogP contribution in [0.5, 0.6) is 0 Å². The molecule has 1 saturated carbocycles. The van der Waals surface area contributed by atoms with Crippen LogP contribution in [0.3, 0.4) is 0 Å². The average molecular weight is 432 g/mol. The second-order valence-corrected chi connectivity index (χ2v) is 9.44. The van der Waals surface area contributed by atoms with Crippen molar-refractivity contribution in [3.05, 3.63) is 95.6 Å². The minimum Gasteiger partial charge on any atom is -0.343 e. The van der Waals surface area contributed by atoms with Crippen molar-refractivity contribution < 1.29 is 13.2 Å². The predicted octanol–water partition coefficient (Wildman–Crippen LogP) is 4.06. The number of sulfonamides is 1. The summed E-state index contributed by atoms with van der Waals surface area (Å²) in [6.07, 6.45) is 2.94. The lowest BCUT2D eigenvalue weighted by Gasteiger charge is -2.43. The van der Waals surface area contributed by atoms with Gasteiger partial charge in [0.15, 0.2) is 5.84 Å². The van der Waals surface area contributed by atoms with Crippen LogP contribution in [0.4, 0.5) is 5.69 Å². The molecule has 1 aliphatic carbocycles. The summed E-state index contributed by atoms with van der Waals surface area (Å²) in [6, 6.07) is 23.7. The molecule has 2 N–H and O–H groups in total. The average Bonchev–Trinajstić information content (AvgIpc) is 3.02. The van der Waals surface area contributed by atoms with Gasteiger partial charge in [0.1, 0.15) is 4.90 Å². The number of hydrogen-bond acceptors (Lipinski definition) is 4. The largest absolute Gasteiger partial charge is 0.343 e. The third kappa shape index (κ3) is 3.51. The van der Waals surface area contributed by atoms with Gasteiger partial charge < -0.3 is 10.6 Å². The first-order valence-corrected chi connectivity index (χ1v) is 11.6. The number of fused-ring (bicyclic) bond motifs is 1. The molecular weight excluding hydrogens is 410 g/mol. The van der Waals surface area contributed by atoms with E-state index in [2.05, 4.69) is 27.2 Å². The maximum Gasteiger partial charge on any atom is 0.285 e. The van der Waals surface area contributed by atoms with Crippen LogP contribution in [-0.2, 0) is 15.6 Å². The molecule has 0 saturated heterocycles. The molecule has 0 aromatic heterocycles. The summed E-state index contributed by atoms with van der Waals surface area (Å²) >= 11 is 0.